The van der Waals surface area contributed by atoms with Crippen LogP contribution in [0, 0.1) is 5.92 Å². The Labute approximate surface area is 193 Å². The second-order valence-corrected chi connectivity index (χ2v) is 9.91. The Hall–Kier alpha value is -2.28. The van der Waals surface area contributed by atoms with E-state index in [4.69, 9.17) is 9.73 Å². The van der Waals surface area contributed by atoms with E-state index in [1.54, 1.807) is 0 Å². The summed E-state index contributed by atoms with van der Waals surface area (Å²) < 4.78 is 5.49. The Morgan fingerprint density at radius 2 is 1.91 bits per heavy atom. The smallest absolute Gasteiger partial charge is 0.408 e. The minimum atomic E-state index is -0.538. The second kappa shape index (κ2) is 11.5. The summed E-state index contributed by atoms with van der Waals surface area (Å²) in [6.45, 7) is 14.8. The summed E-state index contributed by atoms with van der Waals surface area (Å²) >= 11 is 0. The molecule has 0 saturated carbocycles. The largest absolute Gasteiger partial charge is 0.444 e. The Bertz CT molecular complexity index is 740. The highest BCUT2D eigenvalue weighted by Gasteiger charge is 2.28. The number of hydrogen-bond donors (Lipinski definition) is 2. The normalized spacial score (nSPS) is 20.9. The van der Waals surface area contributed by atoms with Gasteiger partial charge in [-0.05, 0) is 71.5 Å². The van der Waals surface area contributed by atoms with E-state index in [9.17, 15) is 4.79 Å². The van der Waals surface area contributed by atoms with Crippen molar-refractivity contribution in [2.45, 2.75) is 58.6 Å². The summed E-state index contributed by atoms with van der Waals surface area (Å²) in [6.07, 6.45) is 3.47. The fourth-order valence-corrected chi connectivity index (χ4v) is 4.48. The molecule has 178 valence electrons. The van der Waals surface area contributed by atoms with Gasteiger partial charge >= 0.3 is 6.09 Å². The van der Waals surface area contributed by atoms with Crippen LogP contribution in [-0.4, -0.2) is 73.3 Å². The van der Waals surface area contributed by atoms with Gasteiger partial charge in [0.15, 0.2) is 5.96 Å². The van der Waals surface area contributed by atoms with Gasteiger partial charge in [-0.2, -0.15) is 0 Å². The molecule has 2 N–H and O–H groups in total. The summed E-state index contributed by atoms with van der Waals surface area (Å²) in [5, 5.41) is 6.47. The molecular formula is C25H41N5O2. The van der Waals surface area contributed by atoms with E-state index in [0.29, 0.717) is 12.5 Å². The number of hydrogen-bond acceptors (Lipinski definition) is 4. The zero-order valence-corrected chi connectivity index (χ0v) is 20.3. The van der Waals surface area contributed by atoms with Gasteiger partial charge in [0.25, 0.3) is 0 Å². The van der Waals surface area contributed by atoms with Gasteiger partial charge in [-0.1, -0.05) is 30.3 Å². The highest BCUT2D eigenvalue weighted by atomic mass is 16.6. The Balaban J connectivity index is 1.65. The Morgan fingerprint density at radius 3 is 2.56 bits per heavy atom. The van der Waals surface area contributed by atoms with Crippen molar-refractivity contribution in [2.75, 3.05) is 45.8 Å². The van der Waals surface area contributed by atoms with E-state index in [1.807, 2.05) is 51.1 Å². The van der Waals surface area contributed by atoms with E-state index in [1.165, 1.54) is 38.9 Å². The molecule has 7 heteroatoms. The number of aliphatic imine (C=N–C) groups is 1. The fraction of sp³-hybridized carbons (Fsp3) is 0.680. The molecule has 1 aromatic carbocycles. The SMILES string of the molecule is CCNC(=NCC(NC(=O)OC(C)(C)C)c1ccccc1)N1CCC(CN2CCCC2)C1. The summed E-state index contributed by atoms with van der Waals surface area (Å²) in [4.78, 5) is 22.4. The minimum Gasteiger partial charge on any atom is -0.444 e. The molecule has 2 fully saturated rings. The van der Waals surface area contributed by atoms with Gasteiger partial charge in [-0.15, -0.1) is 0 Å². The number of guanidine groups is 1. The molecule has 2 unspecified atom stereocenters. The van der Waals surface area contributed by atoms with Crippen LogP contribution in [0.1, 0.15) is 58.6 Å². The molecular weight excluding hydrogens is 402 g/mol. The third-order valence-corrected chi connectivity index (χ3v) is 5.95. The standard InChI is InChI=1S/C25H41N5O2/c1-5-26-23(30-16-13-20(19-30)18-29-14-9-10-15-29)27-17-22(21-11-7-6-8-12-21)28-24(31)32-25(2,3)4/h6-8,11-12,20,22H,5,9-10,13-19H2,1-4H3,(H,26,27)(H,28,31). The highest BCUT2D eigenvalue weighted by Crippen LogP contribution is 2.21. The third kappa shape index (κ3) is 7.69. The molecule has 2 aliphatic heterocycles. The topological polar surface area (TPSA) is 69.2 Å². The first-order valence-corrected chi connectivity index (χ1v) is 12.1. The number of rotatable bonds is 7. The zero-order chi connectivity index (χ0) is 23.0. The van der Waals surface area contributed by atoms with E-state index in [2.05, 4.69) is 27.4 Å². The van der Waals surface area contributed by atoms with Crippen molar-refractivity contribution < 1.29 is 9.53 Å². The van der Waals surface area contributed by atoms with Crippen molar-refractivity contribution in [3.05, 3.63) is 35.9 Å². The lowest BCUT2D eigenvalue weighted by molar-refractivity contribution is 0.0505. The number of benzene rings is 1. The maximum atomic E-state index is 12.5. The molecule has 0 spiro atoms. The van der Waals surface area contributed by atoms with Crippen LogP contribution in [0.4, 0.5) is 4.79 Å². The van der Waals surface area contributed by atoms with Crippen molar-refractivity contribution in [1.82, 2.24) is 20.4 Å². The van der Waals surface area contributed by atoms with Crippen molar-refractivity contribution >= 4 is 12.1 Å². The van der Waals surface area contributed by atoms with Crippen LogP contribution in [0.2, 0.25) is 0 Å². The summed E-state index contributed by atoms with van der Waals surface area (Å²) in [7, 11) is 0. The number of ether oxygens (including phenoxy) is 1. The van der Waals surface area contributed by atoms with Crippen molar-refractivity contribution in [3.8, 4) is 0 Å². The maximum absolute atomic E-state index is 12.5. The van der Waals surface area contributed by atoms with Crippen LogP contribution in [0.3, 0.4) is 0 Å². The molecule has 32 heavy (non-hydrogen) atoms. The molecule has 2 heterocycles. The fourth-order valence-electron chi connectivity index (χ4n) is 4.48. The van der Waals surface area contributed by atoms with Gasteiger partial charge in [0.1, 0.15) is 5.60 Å². The van der Waals surface area contributed by atoms with E-state index < -0.39 is 11.7 Å². The minimum absolute atomic E-state index is 0.247. The van der Waals surface area contributed by atoms with Crippen molar-refractivity contribution in [1.29, 1.82) is 0 Å². The van der Waals surface area contributed by atoms with Crippen molar-refractivity contribution in [3.63, 3.8) is 0 Å². The lowest BCUT2D eigenvalue weighted by Crippen LogP contribution is -2.42. The van der Waals surface area contributed by atoms with E-state index in [0.717, 1.165) is 31.2 Å². The first kappa shape index (κ1) is 24.4. The predicted molar refractivity (Wildman–Crippen MR) is 130 cm³/mol. The van der Waals surface area contributed by atoms with Gasteiger partial charge in [0.2, 0.25) is 0 Å². The Morgan fingerprint density at radius 1 is 1.19 bits per heavy atom. The number of likely N-dealkylation sites (tertiary alicyclic amines) is 2. The molecule has 2 atom stereocenters. The van der Waals surface area contributed by atoms with E-state index in [-0.39, 0.29) is 6.04 Å². The number of nitrogens with zero attached hydrogens (tertiary/aromatic N) is 3. The first-order valence-electron chi connectivity index (χ1n) is 12.1. The number of nitrogens with one attached hydrogen (secondary N) is 2. The quantitative estimate of drug-likeness (QED) is 0.497. The summed E-state index contributed by atoms with van der Waals surface area (Å²) in [5.74, 6) is 1.63. The van der Waals surface area contributed by atoms with Crippen LogP contribution < -0.4 is 10.6 Å². The lowest BCUT2D eigenvalue weighted by atomic mass is 10.1. The average Bonchev–Trinajstić information content (AvgIpc) is 3.42. The number of carbonyl (C=O) groups is 1. The van der Waals surface area contributed by atoms with Gasteiger partial charge in [-0.3, -0.25) is 4.99 Å². The number of amides is 1. The highest BCUT2D eigenvalue weighted by molar-refractivity contribution is 5.80. The van der Waals surface area contributed by atoms with Crippen LogP contribution in [0.25, 0.3) is 0 Å². The molecule has 2 aliphatic rings. The van der Waals surface area contributed by atoms with Gasteiger partial charge < -0.3 is 25.2 Å². The van der Waals surface area contributed by atoms with Crippen LogP contribution in [0.15, 0.2) is 35.3 Å². The van der Waals surface area contributed by atoms with Gasteiger partial charge in [-0.25, -0.2) is 4.79 Å². The lowest BCUT2D eigenvalue weighted by Gasteiger charge is -2.25. The van der Waals surface area contributed by atoms with Gasteiger partial charge in [0.05, 0.1) is 12.6 Å². The van der Waals surface area contributed by atoms with Gasteiger partial charge in [0, 0.05) is 26.2 Å². The van der Waals surface area contributed by atoms with Crippen LogP contribution in [0.5, 0.6) is 0 Å². The monoisotopic (exact) mass is 443 g/mol. The first-order chi connectivity index (χ1) is 15.3. The average molecular weight is 444 g/mol. The molecule has 7 nitrogen and oxygen atoms in total. The molecule has 0 aromatic heterocycles. The molecule has 2 saturated heterocycles. The second-order valence-electron chi connectivity index (χ2n) is 9.91. The summed E-state index contributed by atoms with van der Waals surface area (Å²) in [5.41, 5.74) is 0.481. The molecule has 0 aliphatic carbocycles. The summed E-state index contributed by atoms with van der Waals surface area (Å²) in [6, 6.07) is 9.74. The van der Waals surface area contributed by atoms with Crippen molar-refractivity contribution in [2.24, 2.45) is 10.9 Å². The zero-order valence-electron chi connectivity index (χ0n) is 20.3. The predicted octanol–water partition coefficient (Wildman–Crippen LogP) is 3.64. The molecule has 1 amide bonds. The maximum Gasteiger partial charge on any atom is 0.408 e. The van der Waals surface area contributed by atoms with Crippen LogP contribution >= 0.6 is 0 Å². The Kier molecular flexibility index (Phi) is 8.79. The molecule has 0 radical (unpaired) electrons. The van der Waals surface area contributed by atoms with E-state index >= 15 is 0 Å². The number of carbonyl (C=O) groups excluding carboxylic acids is 1. The molecule has 0 bridgehead atoms. The van der Waals surface area contributed by atoms with Crippen LogP contribution in [-0.2, 0) is 4.74 Å². The third-order valence-electron chi connectivity index (χ3n) is 5.95. The molecule has 1 aromatic rings. The number of alkyl carbamates (subject to hydrolysis) is 1. The molecule has 3 rings (SSSR count).